The van der Waals surface area contributed by atoms with Crippen LogP contribution in [0, 0.1) is 12.7 Å². The number of nitrogen functional groups attached to an aromatic ring is 1. The van der Waals surface area contributed by atoms with Crippen molar-refractivity contribution in [1.29, 1.82) is 0 Å². The van der Waals surface area contributed by atoms with Gasteiger partial charge in [0.15, 0.2) is 0 Å². The van der Waals surface area contributed by atoms with Crippen molar-refractivity contribution in [2.24, 2.45) is 5.73 Å². The molecule has 0 aliphatic heterocycles. The van der Waals surface area contributed by atoms with Crippen molar-refractivity contribution in [2.45, 2.75) is 31.7 Å². The number of hydrogen-bond acceptors (Lipinski definition) is 7. The minimum absolute atomic E-state index is 0.0285. The monoisotopic (exact) mass is 530 g/mol. The van der Waals surface area contributed by atoms with Gasteiger partial charge in [-0.25, -0.2) is 14.1 Å². The van der Waals surface area contributed by atoms with Crippen molar-refractivity contribution in [3.8, 4) is 22.8 Å². The van der Waals surface area contributed by atoms with Crippen LogP contribution < -0.4 is 16.2 Å². The number of nitrogens with zero attached hydrogens (tertiary/aromatic N) is 4. The van der Waals surface area contributed by atoms with Crippen molar-refractivity contribution in [1.82, 2.24) is 19.7 Å². The molecule has 0 radical (unpaired) electrons. The first-order valence-corrected chi connectivity index (χ1v) is 11.2. The maximum absolute atomic E-state index is 14.2. The molecule has 1 unspecified atom stereocenters. The van der Waals surface area contributed by atoms with Gasteiger partial charge < -0.3 is 21.3 Å². The normalized spacial score (nSPS) is 13.2. The number of carboxylic acids is 1. The summed E-state index contributed by atoms with van der Waals surface area (Å²) in [5, 5.41) is 13.1. The van der Waals surface area contributed by atoms with Crippen LogP contribution in [0.4, 0.5) is 23.5 Å². The van der Waals surface area contributed by atoms with Gasteiger partial charge in [0.1, 0.15) is 11.9 Å². The van der Waals surface area contributed by atoms with Crippen LogP contribution in [0.3, 0.4) is 0 Å². The number of nitrogens with two attached hydrogens (primary N) is 2. The van der Waals surface area contributed by atoms with Crippen LogP contribution >= 0.6 is 0 Å². The van der Waals surface area contributed by atoms with Crippen LogP contribution in [-0.2, 0) is 11.2 Å². The van der Waals surface area contributed by atoms with Gasteiger partial charge in [-0.15, -0.1) is 0 Å². The van der Waals surface area contributed by atoms with Gasteiger partial charge in [0, 0.05) is 23.4 Å². The van der Waals surface area contributed by atoms with E-state index in [-0.39, 0.29) is 23.8 Å². The van der Waals surface area contributed by atoms with E-state index in [4.69, 9.17) is 21.3 Å². The van der Waals surface area contributed by atoms with E-state index in [2.05, 4.69) is 15.1 Å². The van der Waals surface area contributed by atoms with Gasteiger partial charge in [-0.1, -0.05) is 24.3 Å². The molecule has 4 aromatic rings. The molecule has 2 atom stereocenters. The number of aromatic nitrogens is 4. The second-order valence-electron chi connectivity index (χ2n) is 8.44. The van der Waals surface area contributed by atoms with E-state index in [0.717, 1.165) is 12.1 Å². The number of anilines is 1. The average molecular weight is 530 g/mol. The lowest BCUT2D eigenvalue weighted by atomic mass is 10.0. The summed E-state index contributed by atoms with van der Waals surface area (Å²) in [6.45, 7) is 1.66. The second-order valence-corrected chi connectivity index (χ2v) is 8.44. The number of rotatable bonds is 8. The third-order valence-corrected chi connectivity index (χ3v) is 5.52. The Balaban J connectivity index is 1.69. The highest BCUT2D eigenvalue weighted by atomic mass is 19.4. The summed E-state index contributed by atoms with van der Waals surface area (Å²) in [5.74, 6) is -2.88. The molecule has 0 bridgehead atoms. The number of halogens is 4. The van der Waals surface area contributed by atoms with Crippen LogP contribution in [0.15, 0.2) is 60.8 Å². The number of aryl methyl sites for hydroxylation is 1. The molecule has 2 heterocycles. The Morgan fingerprint density at radius 1 is 1.11 bits per heavy atom. The molecule has 5 N–H and O–H groups in total. The molecule has 0 saturated heterocycles. The number of hydrogen-bond donors (Lipinski definition) is 3. The summed E-state index contributed by atoms with van der Waals surface area (Å²) in [4.78, 5) is 18.8. The van der Waals surface area contributed by atoms with E-state index < -0.39 is 41.6 Å². The lowest BCUT2D eigenvalue weighted by molar-refractivity contribution is -0.198. The summed E-state index contributed by atoms with van der Waals surface area (Å²) in [6, 6.07) is 11.0. The zero-order chi connectivity index (χ0) is 27.6. The van der Waals surface area contributed by atoms with Crippen LogP contribution in [0.25, 0.3) is 16.9 Å². The molecule has 0 fully saturated rings. The molecule has 38 heavy (non-hydrogen) atoms. The SMILES string of the molecule is Cc1ccn(-c2ccc(F)cc2[C@@H](Oc2cc(-c3ccc(CC(N)C(=O)O)cc3)nc(N)n2)C(F)(F)F)n1. The van der Waals surface area contributed by atoms with E-state index in [1.807, 2.05) is 0 Å². The molecular weight excluding hydrogens is 508 g/mol. The molecule has 0 spiro atoms. The molecule has 13 heteroatoms. The highest BCUT2D eigenvalue weighted by molar-refractivity contribution is 5.73. The quantitative estimate of drug-likeness (QED) is 0.290. The number of ether oxygens (including phenoxy) is 1. The van der Waals surface area contributed by atoms with Crippen LogP contribution in [-0.4, -0.2) is 43.0 Å². The largest absolute Gasteiger partial charge is 0.480 e. The zero-order valence-corrected chi connectivity index (χ0v) is 19.9. The van der Waals surface area contributed by atoms with Crippen LogP contribution in [0.5, 0.6) is 5.88 Å². The van der Waals surface area contributed by atoms with Gasteiger partial charge in [-0.3, -0.25) is 4.79 Å². The molecule has 0 aliphatic carbocycles. The summed E-state index contributed by atoms with van der Waals surface area (Å²) in [6.07, 6.45) is -6.04. The van der Waals surface area contributed by atoms with Gasteiger partial charge in [-0.05, 0) is 43.2 Å². The highest BCUT2D eigenvalue weighted by Crippen LogP contribution is 2.39. The van der Waals surface area contributed by atoms with E-state index >= 15 is 0 Å². The van der Waals surface area contributed by atoms with Crippen molar-refractivity contribution in [3.63, 3.8) is 0 Å². The number of benzene rings is 2. The van der Waals surface area contributed by atoms with E-state index in [9.17, 15) is 22.4 Å². The summed E-state index contributed by atoms with van der Waals surface area (Å²) in [5.41, 5.74) is 12.6. The standard InChI is InChI=1S/C25H22F4N6O3/c1-13-8-9-35(34-13)20-7-6-16(26)11-17(20)22(25(27,28)29)38-21-12-19(32-24(31)33-21)15-4-2-14(3-5-15)10-18(30)23(36)37/h2-9,11-12,18,22H,10,30H2,1H3,(H,36,37)(H2,31,32,33)/t18?,22-/m1/s1. The first-order chi connectivity index (χ1) is 17.9. The van der Waals surface area contributed by atoms with Gasteiger partial charge in [0.05, 0.1) is 17.1 Å². The highest BCUT2D eigenvalue weighted by Gasteiger charge is 2.45. The second kappa shape index (κ2) is 10.5. The maximum Gasteiger partial charge on any atom is 0.429 e. The molecule has 2 aromatic carbocycles. The lowest BCUT2D eigenvalue weighted by Gasteiger charge is -2.24. The molecule has 0 aliphatic rings. The Morgan fingerprint density at radius 3 is 2.42 bits per heavy atom. The third-order valence-electron chi connectivity index (χ3n) is 5.52. The first-order valence-electron chi connectivity index (χ1n) is 11.2. The summed E-state index contributed by atoms with van der Waals surface area (Å²) >= 11 is 0. The van der Waals surface area contributed by atoms with Crippen molar-refractivity contribution < 1.29 is 32.2 Å². The zero-order valence-electron chi connectivity index (χ0n) is 19.9. The van der Waals surface area contributed by atoms with Crippen molar-refractivity contribution in [2.75, 3.05) is 5.73 Å². The van der Waals surface area contributed by atoms with Crippen molar-refractivity contribution >= 4 is 11.9 Å². The summed E-state index contributed by atoms with van der Waals surface area (Å²) < 4.78 is 63.4. The molecule has 198 valence electrons. The number of carbonyl (C=O) groups is 1. The molecular formula is C25H22F4N6O3. The molecule has 0 saturated carbocycles. The first kappa shape index (κ1) is 26.5. The van der Waals surface area contributed by atoms with E-state index in [1.165, 1.54) is 23.0 Å². The molecule has 9 nitrogen and oxygen atoms in total. The van der Waals surface area contributed by atoms with Crippen LogP contribution in [0.1, 0.15) is 22.9 Å². The average Bonchev–Trinajstić information content (AvgIpc) is 3.27. The Morgan fingerprint density at radius 2 is 1.82 bits per heavy atom. The Hall–Kier alpha value is -4.52. The van der Waals surface area contributed by atoms with E-state index in [1.54, 1.807) is 37.3 Å². The molecule has 0 amide bonds. The molecule has 2 aromatic heterocycles. The van der Waals surface area contributed by atoms with Crippen molar-refractivity contribution in [3.05, 3.63) is 83.4 Å². The topological polar surface area (TPSA) is 142 Å². The molecule has 4 rings (SSSR count). The fourth-order valence-electron chi connectivity index (χ4n) is 3.72. The Bertz CT molecular complexity index is 1460. The van der Waals surface area contributed by atoms with Gasteiger partial charge in [-0.2, -0.15) is 23.3 Å². The number of aliphatic carboxylic acids is 1. The Labute approximate surface area is 213 Å². The van der Waals surface area contributed by atoms with E-state index in [0.29, 0.717) is 16.8 Å². The summed E-state index contributed by atoms with van der Waals surface area (Å²) in [7, 11) is 0. The van der Waals surface area contributed by atoms with Gasteiger partial charge >= 0.3 is 12.1 Å². The smallest absolute Gasteiger partial charge is 0.429 e. The van der Waals surface area contributed by atoms with Gasteiger partial charge in [0.2, 0.25) is 17.9 Å². The predicted octanol–water partition coefficient (Wildman–Crippen LogP) is 4.00. The minimum atomic E-state index is -4.96. The third kappa shape index (κ3) is 6.06. The lowest BCUT2D eigenvalue weighted by Crippen LogP contribution is -2.32. The van der Waals surface area contributed by atoms with Gasteiger partial charge in [0.25, 0.3) is 0 Å². The van der Waals surface area contributed by atoms with Crippen LogP contribution in [0.2, 0.25) is 0 Å². The minimum Gasteiger partial charge on any atom is -0.480 e. The number of alkyl halides is 3. The predicted molar refractivity (Wildman–Crippen MR) is 129 cm³/mol. The Kier molecular flexibility index (Phi) is 7.30. The fourth-order valence-corrected chi connectivity index (χ4v) is 3.72. The number of carboxylic acid groups (broad SMARTS) is 1. The maximum atomic E-state index is 14.2. The fraction of sp³-hybridized carbons (Fsp3) is 0.200.